The predicted molar refractivity (Wildman–Crippen MR) is 112 cm³/mol. The fourth-order valence-electron chi connectivity index (χ4n) is 3.53. The van der Waals surface area contributed by atoms with Crippen molar-refractivity contribution in [3.05, 3.63) is 66.0 Å². The summed E-state index contributed by atoms with van der Waals surface area (Å²) in [6, 6.07) is 12.4. The molecule has 4 aromatic rings. The molecule has 0 amide bonds. The van der Waals surface area contributed by atoms with Crippen LogP contribution >= 0.6 is 0 Å². The van der Waals surface area contributed by atoms with Crippen molar-refractivity contribution in [1.82, 2.24) is 8.96 Å². The molecule has 2 heterocycles. The number of aryl methyl sites for hydroxylation is 2. The zero-order chi connectivity index (χ0) is 20.1. The van der Waals surface area contributed by atoms with Crippen molar-refractivity contribution in [2.75, 3.05) is 0 Å². The molecular formula is C22H22N2O3S. The lowest BCUT2D eigenvalue weighted by atomic mass is 10.1. The Morgan fingerprint density at radius 2 is 1.64 bits per heavy atom. The van der Waals surface area contributed by atoms with Crippen LogP contribution in [0.2, 0.25) is 0 Å². The molecule has 0 N–H and O–H groups in total. The summed E-state index contributed by atoms with van der Waals surface area (Å²) in [5.74, 6) is 0.671. The van der Waals surface area contributed by atoms with E-state index in [4.69, 9.17) is 4.74 Å². The van der Waals surface area contributed by atoms with Crippen molar-refractivity contribution in [2.45, 2.75) is 38.7 Å². The molecule has 0 saturated carbocycles. The number of hydrogen-bond acceptors (Lipinski definition) is 4. The maximum atomic E-state index is 13.6. The largest absolute Gasteiger partial charge is 0.490 e. The topological polar surface area (TPSA) is 61.2 Å². The van der Waals surface area contributed by atoms with Gasteiger partial charge in [0.15, 0.2) is 0 Å². The molecule has 0 aliphatic rings. The van der Waals surface area contributed by atoms with E-state index in [-0.39, 0.29) is 11.0 Å². The molecule has 2 aromatic heterocycles. The Kier molecular flexibility index (Phi) is 4.38. The molecule has 0 unspecified atom stereocenters. The van der Waals surface area contributed by atoms with Crippen LogP contribution in [-0.2, 0) is 10.0 Å². The summed E-state index contributed by atoms with van der Waals surface area (Å²) in [4.78, 5) is 4.50. The molecule has 0 fully saturated rings. The van der Waals surface area contributed by atoms with Crippen LogP contribution in [-0.4, -0.2) is 23.5 Å². The molecule has 0 spiro atoms. The Labute approximate surface area is 164 Å². The van der Waals surface area contributed by atoms with Crippen LogP contribution in [0, 0.1) is 13.8 Å². The lowest BCUT2D eigenvalue weighted by Gasteiger charge is -2.12. The minimum absolute atomic E-state index is 0.0279. The molecule has 0 radical (unpaired) electrons. The third-order valence-corrected chi connectivity index (χ3v) is 6.47. The van der Waals surface area contributed by atoms with Crippen LogP contribution in [0.4, 0.5) is 0 Å². The average Bonchev–Trinajstić information content (AvgIpc) is 2.99. The lowest BCUT2D eigenvalue weighted by molar-refractivity contribution is 0.245. The summed E-state index contributed by atoms with van der Waals surface area (Å²) >= 11 is 0. The van der Waals surface area contributed by atoms with E-state index in [0.29, 0.717) is 16.8 Å². The van der Waals surface area contributed by atoms with Gasteiger partial charge in [-0.2, -0.15) is 0 Å². The predicted octanol–water partition coefficient (Wildman–Crippen LogP) is 4.83. The average molecular weight is 394 g/mol. The zero-order valence-electron chi connectivity index (χ0n) is 16.3. The third kappa shape index (κ3) is 2.85. The number of ether oxygens (including phenoxy) is 1. The van der Waals surface area contributed by atoms with Gasteiger partial charge in [-0.25, -0.2) is 12.4 Å². The van der Waals surface area contributed by atoms with E-state index in [9.17, 15) is 8.42 Å². The molecule has 6 heteroatoms. The van der Waals surface area contributed by atoms with Crippen LogP contribution in [0.3, 0.4) is 0 Å². The van der Waals surface area contributed by atoms with Gasteiger partial charge in [-0.3, -0.25) is 4.98 Å². The highest BCUT2D eigenvalue weighted by Crippen LogP contribution is 2.39. The normalized spacial score (nSPS) is 12.2. The van der Waals surface area contributed by atoms with Gasteiger partial charge in [0.25, 0.3) is 10.0 Å². The van der Waals surface area contributed by atoms with Crippen molar-refractivity contribution in [3.63, 3.8) is 0 Å². The molecule has 2 aromatic carbocycles. The zero-order valence-corrected chi connectivity index (χ0v) is 17.1. The highest BCUT2D eigenvalue weighted by Gasteiger charge is 2.26. The molecule has 0 aliphatic heterocycles. The van der Waals surface area contributed by atoms with E-state index in [1.54, 1.807) is 36.7 Å². The number of nitrogens with zero attached hydrogens (tertiary/aromatic N) is 2. The molecule has 0 atom stereocenters. The maximum Gasteiger partial charge on any atom is 0.268 e. The standard InChI is InChI=1S/C22H22N2O3S/c1-14(2)27-20-7-5-6-18-22(20)21-16(4)12-23-13-19(21)24(18)28(25,26)17-10-8-15(3)9-11-17/h5-14H,1-4H3. The molecule has 4 rings (SSSR count). The quantitative estimate of drug-likeness (QED) is 0.497. The Balaban J connectivity index is 2.14. The van der Waals surface area contributed by atoms with Crippen molar-refractivity contribution in [1.29, 1.82) is 0 Å². The SMILES string of the molecule is Cc1ccc(S(=O)(=O)n2c3cncc(C)c3c3c(OC(C)C)cccc32)cc1. The minimum Gasteiger partial charge on any atom is -0.490 e. The van der Waals surface area contributed by atoms with Crippen LogP contribution in [0.5, 0.6) is 5.75 Å². The molecular weight excluding hydrogens is 372 g/mol. The van der Waals surface area contributed by atoms with Crippen molar-refractivity contribution < 1.29 is 13.2 Å². The van der Waals surface area contributed by atoms with E-state index in [2.05, 4.69) is 4.98 Å². The van der Waals surface area contributed by atoms with Crippen LogP contribution in [0.25, 0.3) is 21.8 Å². The van der Waals surface area contributed by atoms with Crippen molar-refractivity contribution in [2.24, 2.45) is 0 Å². The Hall–Kier alpha value is -2.86. The minimum atomic E-state index is -3.81. The number of hydrogen-bond donors (Lipinski definition) is 0. The van der Waals surface area contributed by atoms with Gasteiger partial charge in [-0.15, -0.1) is 0 Å². The lowest BCUT2D eigenvalue weighted by Crippen LogP contribution is -2.13. The number of pyridine rings is 1. The molecule has 0 aliphatic carbocycles. The van der Waals surface area contributed by atoms with Crippen molar-refractivity contribution in [3.8, 4) is 5.75 Å². The monoisotopic (exact) mass is 394 g/mol. The van der Waals surface area contributed by atoms with Gasteiger partial charge >= 0.3 is 0 Å². The summed E-state index contributed by atoms with van der Waals surface area (Å²) in [5, 5.41) is 1.64. The van der Waals surface area contributed by atoms with E-state index in [1.165, 1.54) is 3.97 Å². The fourth-order valence-corrected chi connectivity index (χ4v) is 5.03. The van der Waals surface area contributed by atoms with Gasteiger partial charge in [0.1, 0.15) is 5.75 Å². The van der Waals surface area contributed by atoms with Gasteiger partial charge < -0.3 is 4.74 Å². The fraction of sp³-hybridized carbons (Fsp3) is 0.227. The van der Waals surface area contributed by atoms with Gasteiger partial charge in [-0.1, -0.05) is 23.8 Å². The number of rotatable bonds is 4. The van der Waals surface area contributed by atoms with Crippen molar-refractivity contribution >= 4 is 31.8 Å². The van der Waals surface area contributed by atoms with Crippen LogP contribution in [0.15, 0.2) is 59.8 Å². The van der Waals surface area contributed by atoms with Gasteiger partial charge in [0.2, 0.25) is 0 Å². The Morgan fingerprint density at radius 1 is 0.929 bits per heavy atom. The van der Waals surface area contributed by atoms with E-state index >= 15 is 0 Å². The highest BCUT2D eigenvalue weighted by atomic mass is 32.2. The summed E-state index contributed by atoms with van der Waals surface area (Å²) in [6.45, 7) is 7.77. The third-order valence-electron chi connectivity index (χ3n) is 4.73. The molecule has 144 valence electrons. The van der Waals surface area contributed by atoms with E-state index < -0.39 is 10.0 Å². The number of aromatic nitrogens is 2. The first-order chi connectivity index (χ1) is 13.3. The first-order valence-electron chi connectivity index (χ1n) is 9.17. The molecule has 0 bridgehead atoms. The first-order valence-corrected chi connectivity index (χ1v) is 10.6. The molecule has 0 saturated heterocycles. The van der Waals surface area contributed by atoms with E-state index in [1.807, 2.05) is 45.9 Å². The summed E-state index contributed by atoms with van der Waals surface area (Å²) in [6.07, 6.45) is 3.32. The Bertz CT molecular complexity index is 1290. The van der Waals surface area contributed by atoms with E-state index in [0.717, 1.165) is 21.9 Å². The molecule has 28 heavy (non-hydrogen) atoms. The van der Waals surface area contributed by atoms with Gasteiger partial charge in [0.05, 0.1) is 33.6 Å². The van der Waals surface area contributed by atoms with Crippen LogP contribution in [0.1, 0.15) is 25.0 Å². The summed E-state index contributed by atoms with van der Waals surface area (Å²) in [5.41, 5.74) is 3.05. The second kappa shape index (κ2) is 6.63. The number of benzene rings is 2. The van der Waals surface area contributed by atoms with Gasteiger partial charge in [0, 0.05) is 11.6 Å². The summed E-state index contributed by atoms with van der Waals surface area (Å²) < 4.78 is 34.5. The van der Waals surface area contributed by atoms with Gasteiger partial charge in [-0.05, 0) is 57.5 Å². The highest BCUT2D eigenvalue weighted by molar-refractivity contribution is 7.90. The molecule has 5 nitrogen and oxygen atoms in total. The number of fused-ring (bicyclic) bond motifs is 3. The summed E-state index contributed by atoms with van der Waals surface area (Å²) in [7, 11) is -3.81. The second-order valence-corrected chi connectivity index (χ2v) is 9.04. The Morgan fingerprint density at radius 3 is 2.32 bits per heavy atom. The van der Waals surface area contributed by atoms with Crippen LogP contribution < -0.4 is 4.74 Å². The second-order valence-electron chi connectivity index (χ2n) is 7.25. The maximum absolute atomic E-state index is 13.6. The first kappa shape index (κ1) is 18.5. The smallest absolute Gasteiger partial charge is 0.268 e.